The molecule has 21 heavy (non-hydrogen) atoms. The van der Waals surface area contributed by atoms with Crippen molar-refractivity contribution in [3.8, 4) is 0 Å². The van der Waals surface area contributed by atoms with Gasteiger partial charge < -0.3 is 5.32 Å². The summed E-state index contributed by atoms with van der Waals surface area (Å²) in [5.74, 6) is 0. The number of aromatic nitrogens is 2. The highest BCUT2D eigenvalue weighted by molar-refractivity contribution is 7.99. The fourth-order valence-corrected chi connectivity index (χ4v) is 3.14. The minimum atomic E-state index is 0.307. The monoisotopic (exact) mass is 301 g/mol. The average Bonchev–Trinajstić information content (AvgIpc) is 2.51. The lowest BCUT2D eigenvalue weighted by atomic mass is 10.0. The van der Waals surface area contributed by atoms with Gasteiger partial charge in [0.1, 0.15) is 0 Å². The van der Waals surface area contributed by atoms with Crippen LogP contribution in [-0.4, -0.2) is 21.8 Å². The van der Waals surface area contributed by atoms with Gasteiger partial charge in [-0.2, -0.15) is 0 Å². The van der Waals surface area contributed by atoms with Crippen LogP contribution in [0.4, 0.5) is 0 Å². The Morgan fingerprint density at radius 2 is 1.81 bits per heavy atom. The Hall–Kier alpha value is -1.39. The van der Waals surface area contributed by atoms with Gasteiger partial charge in [-0.25, -0.2) is 9.97 Å². The summed E-state index contributed by atoms with van der Waals surface area (Å²) in [6, 6.07) is 10.9. The molecule has 0 bridgehead atoms. The highest BCUT2D eigenvalue weighted by Crippen LogP contribution is 2.30. The molecule has 0 saturated carbocycles. The lowest BCUT2D eigenvalue weighted by molar-refractivity contribution is 0.527. The van der Waals surface area contributed by atoms with E-state index in [1.165, 1.54) is 5.56 Å². The Balaban J connectivity index is 2.10. The maximum atomic E-state index is 4.40. The van der Waals surface area contributed by atoms with Crippen LogP contribution in [0.25, 0.3) is 0 Å². The minimum absolute atomic E-state index is 0.307. The third kappa shape index (κ3) is 4.83. The predicted molar refractivity (Wildman–Crippen MR) is 89.6 cm³/mol. The Morgan fingerprint density at radius 1 is 1.14 bits per heavy atom. The lowest BCUT2D eigenvalue weighted by Gasteiger charge is -2.24. The number of hydrogen-bond acceptors (Lipinski definition) is 4. The molecule has 0 fully saturated rings. The van der Waals surface area contributed by atoms with Gasteiger partial charge in [0.2, 0.25) is 0 Å². The number of hydrogen-bond donors (Lipinski definition) is 1. The minimum Gasteiger partial charge on any atom is -0.309 e. The van der Waals surface area contributed by atoms with Crippen molar-refractivity contribution >= 4 is 11.8 Å². The second kappa shape index (κ2) is 8.15. The maximum Gasteiger partial charge on any atom is 0.187 e. The summed E-state index contributed by atoms with van der Waals surface area (Å²) in [4.78, 5) is 8.80. The van der Waals surface area contributed by atoms with Crippen LogP contribution in [0.15, 0.2) is 47.9 Å². The quantitative estimate of drug-likeness (QED) is 0.619. The molecule has 0 aliphatic carbocycles. The SMILES string of the molecule is CCCNC(c1ccccc1)C(C)Sc1ncc(C)cn1. The summed E-state index contributed by atoms with van der Waals surface area (Å²) in [7, 11) is 0. The molecule has 1 aromatic heterocycles. The number of aryl methyl sites for hydroxylation is 1. The summed E-state index contributed by atoms with van der Waals surface area (Å²) in [6.07, 6.45) is 4.87. The van der Waals surface area contributed by atoms with Crippen LogP contribution in [0.1, 0.15) is 37.4 Å². The predicted octanol–water partition coefficient (Wildman–Crippen LogP) is 4.01. The van der Waals surface area contributed by atoms with E-state index in [0.717, 1.165) is 23.7 Å². The van der Waals surface area contributed by atoms with E-state index in [4.69, 9.17) is 0 Å². The van der Waals surface area contributed by atoms with Crippen LogP contribution in [0.2, 0.25) is 0 Å². The molecule has 0 saturated heterocycles. The van der Waals surface area contributed by atoms with Crippen molar-refractivity contribution in [3.63, 3.8) is 0 Å². The third-order valence-electron chi connectivity index (χ3n) is 3.29. The number of nitrogens with zero attached hydrogens (tertiary/aromatic N) is 2. The van der Waals surface area contributed by atoms with Gasteiger partial charge in [-0.15, -0.1) is 0 Å². The molecule has 2 aromatic rings. The first-order chi connectivity index (χ1) is 10.2. The zero-order valence-electron chi connectivity index (χ0n) is 12.9. The number of thioether (sulfide) groups is 1. The Labute approximate surface area is 131 Å². The Morgan fingerprint density at radius 3 is 2.43 bits per heavy atom. The maximum absolute atomic E-state index is 4.40. The summed E-state index contributed by atoms with van der Waals surface area (Å²) in [5.41, 5.74) is 2.41. The highest BCUT2D eigenvalue weighted by atomic mass is 32.2. The van der Waals surface area contributed by atoms with Gasteiger partial charge >= 0.3 is 0 Å². The Kier molecular flexibility index (Phi) is 6.21. The molecule has 112 valence electrons. The van der Waals surface area contributed by atoms with Gasteiger partial charge in [-0.3, -0.25) is 0 Å². The second-order valence-electron chi connectivity index (χ2n) is 5.21. The fourth-order valence-electron chi connectivity index (χ4n) is 2.19. The number of benzene rings is 1. The molecule has 2 rings (SSSR count). The summed E-state index contributed by atoms with van der Waals surface area (Å²) in [5, 5.41) is 4.84. The molecule has 3 nitrogen and oxygen atoms in total. The van der Waals surface area contributed by atoms with Crippen LogP contribution in [-0.2, 0) is 0 Å². The zero-order valence-corrected chi connectivity index (χ0v) is 13.7. The zero-order chi connectivity index (χ0) is 15.1. The van der Waals surface area contributed by atoms with Crippen molar-refractivity contribution in [3.05, 3.63) is 53.9 Å². The van der Waals surface area contributed by atoms with E-state index in [0.29, 0.717) is 11.3 Å². The van der Waals surface area contributed by atoms with E-state index in [1.54, 1.807) is 11.8 Å². The molecular formula is C17H23N3S. The molecule has 1 aromatic carbocycles. The first-order valence-corrected chi connectivity index (χ1v) is 8.32. The molecule has 0 amide bonds. The normalized spacial score (nSPS) is 13.9. The van der Waals surface area contributed by atoms with Crippen LogP contribution in [0.5, 0.6) is 0 Å². The average molecular weight is 301 g/mol. The molecule has 4 heteroatoms. The molecule has 0 aliphatic rings. The summed E-state index contributed by atoms with van der Waals surface area (Å²) >= 11 is 1.72. The van der Waals surface area contributed by atoms with Crippen molar-refractivity contribution < 1.29 is 0 Å². The Bertz CT molecular complexity index is 527. The van der Waals surface area contributed by atoms with Crippen molar-refractivity contribution in [2.24, 2.45) is 0 Å². The summed E-state index contributed by atoms with van der Waals surface area (Å²) in [6.45, 7) is 7.44. The van der Waals surface area contributed by atoms with Gasteiger partial charge in [-0.1, -0.05) is 55.9 Å². The first-order valence-electron chi connectivity index (χ1n) is 7.44. The van der Waals surface area contributed by atoms with Crippen molar-refractivity contribution in [2.75, 3.05) is 6.54 Å². The van der Waals surface area contributed by atoms with E-state index < -0.39 is 0 Å². The molecule has 0 spiro atoms. The topological polar surface area (TPSA) is 37.8 Å². The van der Waals surface area contributed by atoms with Gasteiger partial charge in [0.05, 0.1) is 0 Å². The van der Waals surface area contributed by atoms with Gasteiger partial charge in [-0.05, 0) is 31.0 Å². The van der Waals surface area contributed by atoms with E-state index >= 15 is 0 Å². The third-order valence-corrected chi connectivity index (χ3v) is 4.36. The van der Waals surface area contributed by atoms with E-state index in [9.17, 15) is 0 Å². The fraction of sp³-hybridized carbons (Fsp3) is 0.412. The van der Waals surface area contributed by atoms with Crippen LogP contribution in [0.3, 0.4) is 0 Å². The molecule has 1 N–H and O–H groups in total. The van der Waals surface area contributed by atoms with Crippen LogP contribution >= 0.6 is 11.8 Å². The van der Waals surface area contributed by atoms with Crippen LogP contribution < -0.4 is 5.32 Å². The molecule has 1 heterocycles. The molecule has 0 aliphatic heterocycles. The molecule has 0 radical (unpaired) electrons. The largest absolute Gasteiger partial charge is 0.309 e. The molecule has 2 unspecified atom stereocenters. The highest BCUT2D eigenvalue weighted by Gasteiger charge is 2.20. The van der Waals surface area contributed by atoms with E-state index in [-0.39, 0.29) is 0 Å². The van der Waals surface area contributed by atoms with Gasteiger partial charge in [0.25, 0.3) is 0 Å². The van der Waals surface area contributed by atoms with Gasteiger partial charge in [0, 0.05) is 23.7 Å². The van der Waals surface area contributed by atoms with E-state index in [1.807, 2.05) is 19.3 Å². The lowest BCUT2D eigenvalue weighted by Crippen LogP contribution is -2.29. The van der Waals surface area contributed by atoms with Gasteiger partial charge in [0.15, 0.2) is 5.16 Å². The number of nitrogens with one attached hydrogen (secondary N) is 1. The van der Waals surface area contributed by atoms with Crippen LogP contribution in [0, 0.1) is 6.92 Å². The van der Waals surface area contributed by atoms with Crippen molar-refractivity contribution in [2.45, 2.75) is 43.6 Å². The first kappa shape index (κ1) is 16.0. The molecular weight excluding hydrogens is 278 g/mol. The van der Waals surface area contributed by atoms with E-state index in [2.05, 4.69) is 59.5 Å². The standard InChI is InChI=1S/C17H23N3S/c1-4-10-18-16(15-8-6-5-7-9-15)14(3)21-17-19-11-13(2)12-20-17/h5-9,11-12,14,16,18H,4,10H2,1-3H3. The smallest absolute Gasteiger partial charge is 0.187 e. The summed E-state index contributed by atoms with van der Waals surface area (Å²) < 4.78 is 0. The van der Waals surface area contributed by atoms with Crippen molar-refractivity contribution in [1.29, 1.82) is 0 Å². The second-order valence-corrected chi connectivity index (χ2v) is 6.55. The number of rotatable bonds is 7. The van der Waals surface area contributed by atoms with Crippen molar-refractivity contribution in [1.82, 2.24) is 15.3 Å². The molecule has 2 atom stereocenters.